The van der Waals surface area contributed by atoms with Gasteiger partial charge in [0.2, 0.25) is 0 Å². The van der Waals surface area contributed by atoms with Crippen LogP contribution in [0.1, 0.15) is 65.2 Å². The molecule has 1 unspecified atom stereocenters. The van der Waals surface area contributed by atoms with E-state index in [1.807, 2.05) is 0 Å². The van der Waals surface area contributed by atoms with E-state index >= 15 is 0 Å². The van der Waals surface area contributed by atoms with Crippen molar-refractivity contribution in [3.05, 3.63) is 29.5 Å². The van der Waals surface area contributed by atoms with Crippen molar-refractivity contribution in [3.63, 3.8) is 0 Å². The molecular formula is C20H32NO3Ru. The van der Waals surface area contributed by atoms with Crippen LogP contribution in [0.25, 0.3) is 5.73 Å². The first-order chi connectivity index (χ1) is 11.5. The van der Waals surface area contributed by atoms with Crippen LogP contribution in [0.15, 0.2) is 23.8 Å². The van der Waals surface area contributed by atoms with Gasteiger partial charge in [-0.3, -0.25) is 0 Å². The van der Waals surface area contributed by atoms with Gasteiger partial charge in [0.1, 0.15) is 6.29 Å². The molecule has 0 bridgehead atoms. The molecule has 2 aliphatic rings. The minimum Gasteiger partial charge on any atom is -0.668 e. The van der Waals surface area contributed by atoms with Gasteiger partial charge >= 0.3 is 19.5 Å². The molecule has 0 aromatic carbocycles. The van der Waals surface area contributed by atoms with Crippen molar-refractivity contribution in [3.8, 4) is 0 Å². The van der Waals surface area contributed by atoms with Crippen LogP contribution in [-0.2, 0) is 29.1 Å². The summed E-state index contributed by atoms with van der Waals surface area (Å²) in [5, 5.41) is 10.1. The maximum Gasteiger partial charge on any atom is 1.00 e. The van der Waals surface area contributed by atoms with E-state index in [2.05, 4.69) is 25.2 Å². The third kappa shape index (κ3) is 8.92. The number of allylic oxidation sites excluding steroid dienone is 4. The summed E-state index contributed by atoms with van der Waals surface area (Å²) in [6.07, 6.45) is 14.7. The summed E-state index contributed by atoms with van der Waals surface area (Å²) in [6.45, 7) is 3.73. The molecule has 4 nitrogen and oxygen atoms in total. The minimum atomic E-state index is -0.523. The zero-order chi connectivity index (χ0) is 17.9. The molecule has 0 fully saturated rings. The topological polar surface area (TPSA) is 78.2 Å². The predicted octanol–water partition coefficient (Wildman–Crippen LogP) is 4.63. The number of aldehydes is 1. The van der Waals surface area contributed by atoms with Crippen LogP contribution in [0, 0.1) is 17.8 Å². The predicted molar refractivity (Wildman–Crippen MR) is 97.4 cm³/mol. The first-order valence-corrected chi connectivity index (χ1v) is 9.20. The van der Waals surface area contributed by atoms with E-state index < -0.39 is 5.91 Å². The number of amides is 1. The molecule has 2 rings (SSSR count). The number of aliphatic hydroxyl groups is 1. The van der Waals surface area contributed by atoms with E-state index in [0.717, 1.165) is 19.1 Å². The Kier molecular flexibility index (Phi) is 13.0. The molecule has 2 N–H and O–H groups in total. The Morgan fingerprint density at radius 1 is 1.44 bits per heavy atom. The summed E-state index contributed by atoms with van der Waals surface area (Å²) in [4.78, 5) is 19.4. The Labute approximate surface area is 165 Å². The van der Waals surface area contributed by atoms with Gasteiger partial charge in [-0.05, 0) is 81.6 Å². The van der Waals surface area contributed by atoms with E-state index in [4.69, 9.17) is 10.5 Å². The van der Waals surface area contributed by atoms with Crippen LogP contribution in [0.2, 0.25) is 0 Å². The molecule has 2 aliphatic carbocycles. The molecule has 0 aromatic heterocycles. The molecule has 5 heteroatoms. The average Bonchev–Trinajstić information content (AvgIpc) is 2.54. The number of rotatable bonds is 7. The standard InChI is InChI=1S/C18H29NO2.C2H4O.Ru/c1-13-9-10-14-5-2-3-7-17(14)16(13)12-11-15(20)6-4-8-18(19)21;1-2-3;/h5,9-10,13,15-17,20H,2-4,6-8,11-12H2,1H3,(H2,19,21);2H,1H3;/q;;+1/p-1/t13-,15?,16-,17-;;/m0../s1. The van der Waals surface area contributed by atoms with Gasteiger partial charge in [-0.2, -0.15) is 0 Å². The smallest absolute Gasteiger partial charge is 0.668 e. The fourth-order valence-electron chi connectivity index (χ4n) is 3.84. The van der Waals surface area contributed by atoms with Crippen LogP contribution in [0.4, 0.5) is 0 Å². The number of nitrogens with one attached hydrogen (secondary N) is 1. The Morgan fingerprint density at radius 2 is 2.12 bits per heavy atom. The monoisotopic (exact) mass is 436 g/mol. The number of fused-ring (bicyclic) bond motifs is 1. The first-order valence-electron chi connectivity index (χ1n) is 9.20. The largest absolute Gasteiger partial charge is 1.00 e. The maximum absolute atomic E-state index is 10.6. The summed E-state index contributed by atoms with van der Waals surface area (Å²) >= 11 is 0. The SMILES string of the molecule is CC=O.C[C@H]1C=CC2=CCCC[C@@H]2[C@H]1CCC(O)CCCC([NH-])=O.[Ru+]. The molecular weight excluding hydrogens is 403 g/mol. The van der Waals surface area contributed by atoms with E-state index in [1.165, 1.54) is 31.8 Å². The fourth-order valence-corrected chi connectivity index (χ4v) is 3.84. The molecule has 0 heterocycles. The van der Waals surface area contributed by atoms with Gasteiger partial charge < -0.3 is 20.4 Å². The Bertz CT molecular complexity index is 462. The molecule has 0 aliphatic heterocycles. The third-order valence-electron chi connectivity index (χ3n) is 5.09. The summed E-state index contributed by atoms with van der Waals surface area (Å²) in [6, 6.07) is 0. The zero-order valence-corrected chi connectivity index (χ0v) is 17.1. The minimum absolute atomic E-state index is 0. The molecule has 25 heavy (non-hydrogen) atoms. The van der Waals surface area contributed by atoms with Crippen LogP contribution in [0.5, 0.6) is 0 Å². The van der Waals surface area contributed by atoms with E-state index in [-0.39, 0.29) is 32.0 Å². The fraction of sp³-hybridized carbons (Fsp3) is 0.700. The first kappa shape index (κ1) is 24.2. The third-order valence-corrected chi connectivity index (χ3v) is 5.09. The molecule has 4 atom stereocenters. The van der Waals surface area contributed by atoms with Gasteiger partial charge in [-0.15, -0.1) is 0 Å². The Balaban J connectivity index is 0.00000134. The molecule has 143 valence electrons. The number of carbonyl (C=O) groups is 2. The summed E-state index contributed by atoms with van der Waals surface area (Å²) in [5.74, 6) is 1.40. The molecule has 1 radical (unpaired) electrons. The van der Waals surface area contributed by atoms with Crippen molar-refractivity contribution >= 4 is 12.2 Å². The summed E-state index contributed by atoms with van der Waals surface area (Å²) in [5.41, 5.74) is 8.39. The van der Waals surface area contributed by atoms with Crippen LogP contribution in [-0.4, -0.2) is 23.4 Å². The molecule has 0 saturated heterocycles. The molecule has 0 spiro atoms. The Morgan fingerprint density at radius 3 is 2.76 bits per heavy atom. The second-order valence-corrected chi connectivity index (χ2v) is 6.91. The van der Waals surface area contributed by atoms with Gasteiger partial charge in [-0.25, -0.2) is 0 Å². The quantitative estimate of drug-likeness (QED) is 0.468. The molecule has 0 aromatic rings. The van der Waals surface area contributed by atoms with Crippen molar-refractivity contribution in [1.82, 2.24) is 0 Å². The molecule has 1 amide bonds. The number of hydrogen-bond donors (Lipinski definition) is 1. The van der Waals surface area contributed by atoms with Gasteiger partial charge in [0.25, 0.3) is 0 Å². The Hall–Kier alpha value is -0.797. The maximum atomic E-state index is 10.6. The number of hydrogen-bond acceptors (Lipinski definition) is 3. The second kappa shape index (κ2) is 13.4. The molecule has 0 saturated carbocycles. The van der Waals surface area contributed by atoms with Gasteiger partial charge in [0.15, 0.2) is 0 Å². The van der Waals surface area contributed by atoms with Crippen LogP contribution >= 0.6 is 0 Å². The van der Waals surface area contributed by atoms with Crippen molar-refractivity contribution in [2.24, 2.45) is 17.8 Å². The van der Waals surface area contributed by atoms with Crippen LogP contribution < -0.4 is 0 Å². The number of aliphatic hydroxyl groups excluding tert-OH is 1. The second-order valence-electron chi connectivity index (χ2n) is 6.91. The van der Waals surface area contributed by atoms with Crippen molar-refractivity contribution < 1.29 is 34.2 Å². The van der Waals surface area contributed by atoms with E-state index in [0.29, 0.717) is 30.6 Å². The van der Waals surface area contributed by atoms with Crippen molar-refractivity contribution in [2.75, 3.05) is 0 Å². The summed E-state index contributed by atoms with van der Waals surface area (Å²) in [7, 11) is 0. The normalized spacial score (nSPS) is 25.4. The van der Waals surface area contributed by atoms with Gasteiger partial charge in [0, 0.05) is 5.91 Å². The zero-order valence-electron chi connectivity index (χ0n) is 15.4. The van der Waals surface area contributed by atoms with E-state index in [9.17, 15) is 9.90 Å². The van der Waals surface area contributed by atoms with Gasteiger partial charge in [-0.1, -0.05) is 25.2 Å². The number of carbonyl (C=O) groups excluding carboxylic acids is 2. The van der Waals surface area contributed by atoms with Gasteiger partial charge in [0.05, 0.1) is 6.10 Å². The van der Waals surface area contributed by atoms with E-state index in [1.54, 1.807) is 0 Å². The van der Waals surface area contributed by atoms with Crippen molar-refractivity contribution in [2.45, 2.75) is 71.3 Å². The van der Waals surface area contributed by atoms with Crippen molar-refractivity contribution in [1.29, 1.82) is 0 Å². The van der Waals surface area contributed by atoms with Crippen LogP contribution in [0.3, 0.4) is 0 Å². The summed E-state index contributed by atoms with van der Waals surface area (Å²) < 4.78 is 0. The average molecular weight is 436 g/mol.